The Morgan fingerprint density at radius 1 is 1.17 bits per heavy atom. The highest BCUT2D eigenvalue weighted by atomic mass is 19.1. The van der Waals surface area contributed by atoms with Crippen molar-refractivity contribution in [2.45, 2.75) is 12.5 Å². The molecule has 94 valence electrons. The van der Waals surface area contributed by atoms with Gasteiger partial charge in [-0.25, -0.2) is 14.4 Å². The van der Waals surface area contributed by atoms with Crippen molar-refractivity contribution in [3.63, 3.8) is 0 Å². The van der Waals surface area contributed by atoms with Crippen LogP contribution >= 0.6 is 0 Å². The number of hydrogen-bond donors (Lipinski definition) is 2. The molecule has 0 fully saturated rings. The van der Waals surface area contributed by atoms with Crippen molar-refractivity contribution in [1.29, 1.82) is 0 Å². The van der Waals surface area contributed by atoms with E-state index in [4.69, 9.17) is 5.73 Å². The van der Waals surface area contributed by atoms with Gasteiger partial charge in [-0.2, -0.15) is 0 Å². The molecule has 5 heteroatoms. The van der Waals surface area contributed by atoms with E-state index in [1.165, 1.54) is 0 Å². The monoisotopic (exact) mass is 246 g/mol. The summed E-state index contributed by atoms with van der Waals surface area (Å²) in [6, 6.07) is 9.86. The average molecular weight is 246 g/mol. The fourth-order valence-corrected chi connectivity index (χ4v) is 1.61. The van der Waals surface area contributed by atoms with Gasteiger partial charge in [0.15, 0.2) is 5.82 Å². The largest absolute Gasteiger partial charge is 0.354 e. The first-order valence-electron chi connectivity index (χ1n) is 5.77. The van der Waals surface area contributed by atoms with E-state index in [9.17, 15) is 4.39 Å². The molecule has 1 aromatic heterocycles. The molecule has 0 saturated carbocycles. The van der Waals surface area contributed by atoms with Crippen molar-refractivity contribution in [1.82, 2.24) is 9.97 Å². The molecular formula is C13H15FN4. The molecule has 0 amide bonds. The second-order valence-corrected chi connectivity index (χ2v) is 3.96. The smallest absolute Gasteiger partial charge is 0.222 e. The zero-order valence-corrected chi connectivity index (χ0v) is 9.88. The predicted octanol–water partition coefficient (Wildman–Crippen LogP) is 2.12. The van der Waals surface area contributed by atoms with Crippen LogP contribution in [-0.2, 0) is 0 Å². The summed E-state index contributed by atoms with van der Waals surface area (Å²) in [4.78, 5) is 7.62. The molecule has 0 aliphatic rings. The average Bonchev–Trinajstić information content (AvgIpc) is 2.42. The van der Waals surface area contributed by atoms with Crippen molar-refractivity contribution in [2.24, 2.45) is 5.73 Å². The van der Waals surface area contributed by atoms with Crippen molar-refractivity contribution in [3.8, 4) is 0 Å². The van der Waals surface area contributed by atoms with E-state index in [2.05, 4.69) is 15.3 Å². The highest BCUT2D eigenvalue weighted by Gasteiger charge is 2.05. The van der Waals surface area contributed by atoms with Gasteiger partial charge >= 0.3 is 0 Å². The number of nitrogens with one attached hydrogen (secondary N) is 1. The normalized spacial score (nSPS) is 12.1. The highest BCUT2D eigenvalue weighted by Crippen LogP contribution is 2.12. The van der Waals surface area contributed by atoms with Gasteiger partial charge in [-0.05, 0) is 12.0 Å². The Balaban J connectivity index is 1.80. The van der Waals surface area contributed by atoms with Crippen LogP contribution in [0.5, 0.6) is 0 Å². The Labute approximate surface area is 105 Å². The van der Waals surface area contributed by atoms with Crippen LogP contribution in [0.15, 0.2) is 42.7 Å². The fourth-order valence-electron chi connectivity index (χ4n) is 1.61. The number of anilines is 1. The van der Waals surface area contributed by atoms with E-state index in [1.54, 1.807) is 0 Å². The quantitative estimate of drug-likeness (QED) is 0.848. The number of rotatable bonds is 5. The number of benzene rings is 1. The lowest BCUT2D eigenvalue weighted by molar-refractivity contribution is 0.613. The van der Waals surface area contributed by atoms with Crippen molar-refractivity contribution >= 4 is 5.95 Å². The Morgan fingerprint density at radius 2 is 1.83 bits per heavy atom. The van der Waals surface area contributed by atoms with Gasteiger partial charge < -0.3 is 11.1 Å². The van der Waals surface area contributed by atoms with Crippen LogP contribution in [0.3, 0.4) is 0 Å². The summed E-state index contributed by atoms with van der Waals surface area (Å²) in [5.74, 6) is -0.0294. The second-order valence-electron chi connectivity index (χ2n) is 3.96. The third-order valence-corrected chi connectivity index (χ3v) is 2.59. The Morgan fingerprint density at radius 3 is 2.50 bits per heavy atom. The molecule has 1 aromatic carbocycles. The molecule has 3 N–H and O–H groups in total. The topological polar surface area (TPSA) is 63.8 Å². The molecule has 2 rings (SSSR count). The summed E-state index contributed by atoms with van der Waals surface area (Å²) in [6.07, 6.45) is 3.02. The Kier molecular flexibility index (Phi) is 4.20. The third kappa shape index (κ3) is 3.49. The lowest BCUT2D eigenvalue weighted by Gasteiger charge is -2.12. The Bertz CT molecular complexity index is 472. The van der Waals surface area contributed by atoms with E-state index in [0.717, 1.165) is 24.4 Å². The van der Waals surface area contributed by atoms with E-state index in [0.29, 0.717) is 12.5 Å². The second kappa shape index (κ2) is 6.07. The molecule has 1 unspecified atom stereocenters. The fraction of sp³-hybridized carbons (Fsp3) is 0.231. The minimum Gasteiger partial charge on any atom is -0.354 e. The lowest BCUT2D eigenvalue weighted by atomic mass is 10.1. The summed E-state index contributed by atoms with van der Waals surface area (Å²) >= 11 is 0. The van der Waals surface area contributed by atoms with Gasteiger partial charge in [0.25, 0.3) is 0 Å². The molecule has 0 aliphatic carbocycles. The van der Waals surface area contributed by atoms with Crippen LogP contribution in [0.4, 0.5) is 10.3 Å². The standard InChI is InChI=1S/C13H15FN4/c14-11-8-17-13(18-9-11)16-7-6-12(15)10-4-2-1-3-5-10/h1-5,8-9,12H,6-7,15H2,(H,16,17,18). The highest BCUT2D eigenvalue weighted by molar-refractivity contribution is 5.23. The van der Waals surface area contributed by atoms with Gasteiger partial charge in [0, 0.05) is 12.6 Å². The summed E-state index contributed by atoms with van der Waals surface area (Å²) in [5.41, 5.74) is 7.14. The molecule has 1 atom stereocenters. The predicted molar refractivity (Wildman–Crippen MR) is 68.5 cm³/mol. The molecule has 0 aliphatic heterocycles. The summed E-state index contributed by atoms with van der Waals surface area (Å²) in [7, 11) is 0. The minimum absolute atomic E-state index is 0.0286. The molecule has 18 heavy (non-hydrogen) atoms. The summed E-state index contributed by atoms with van der Waals surface area (Å²) < 4.78 is 12.6. The van der Waals surface area contributed by atoms with Crippen LogP contribution in [0, 0.1) is 5.82 Å². The van der Waals surface area contributed by atoms with E-state index in [-0.39, 0.29) is 6.04 Å². The summed E-state index contributed by atoms with van der Waals surface area (Å²) in [6.45, 7) is 0.641. The third-order valence-electron chi connectivity index (χ3n) is 2.59. The number of nitrogens with zero attached hydrogens (tertiary/aromatic N) is 2. The molecule has 4 nitrogen and oxygen atoms in total. The molecule has 0 radical (unpaired) electrons. The van der Waals surface area contributed by atoms with Gasteiger partial charge in [-0.3, -0.25) is 0 Å². The molecule has 2 aromatic rings. The van der Waals surface area contributed by atoms with Crippen LogP contribution in [0.1, 0.15) is 18.0 Å². The van der Waals surface area contributed by atoms with E-state index >= 15 is 0 Å². The van der Waals surface area contributed by atoms with Gasteiger partial charge in [-0.1, -0.05) is 30.3 Å². The van der Waals surface area contributed by atoms with E-state index in [1.807, 2.05) is 30.3 Å². The van der Waals surface area contributed by atoms with Gasteiger partial charge in [-0.15, -0.1) is 0 Å². The van der Waals surface area contributed by atoms with Crippen molar-refractivity contribution in [3.05, 3.63) is 54.1 Å². The number of halogens is 1. The van der Waals surface area contributed by atoms with Crippen molar-refractivity contribution < 1.29 is 4.39 Å². The first-order chi connectivity index (χ1) is 8.75. The zero-order chi connectivity index (χ0) is 12.8. The number of hydrogen-bond acceptors (Lipinski definition) is 4. The first-order valence-corrected chi connectivity index (χ1v) is 5.77. The van der Waals surface area contributed by atoms with Crippen molar-refractivity contribution in [2.75, 3.05) is 11.9 Å². The molecule has 0 bridgehead atoms. The maximum atomic E-state index is 12.6. The SMILES string of the molecule is NC(CCNc1ncc(F)cn1)c1ccccc1. The van der Waals surface area contributed by atoms with Gasteiger partial charge in [0.1, 0.15) is 0 Å². The molecular weight excluding hydrogens is 231 g/mol. The van der Waals surface area contributed by atoms with Crippen LogP contribution in [0.2, 0.25) is 0 Å². The summed E-state index contributed by atoms with van der Waals surface area (Å²) in [5, 5.41) is 3.00. The van der Waals surface area contributed by atoms with Gasteiger partial charge in [0.05, 0.1) is 12.4 Å². The minimum atomic E-state index is -0.443. The zero-order valence-electron chi connectivity index (χ0n) is 9.88. The van der Waals surface area contributed by atoms with Crippen LogP contribution in [-0.4, -0.2) is 16.5 Å². The van der Waals surface area contributed by atoms with Crippen LogP contribution < -0.4 is 11.1 Å². The number of nitrogens with two attached hydrogens (primary N) is 1. The Hall–Kier alpha value is -2.01. The van der Waals surface area contributed by atoms with E-state index < -0.39 is 5.82 Å². The maximum Gasteiger partial charge on any atom is 0.222 e. The first kappa shape index (κ1) is 12.4. The molecule has 0 saturated heterocycles. The van der Waals surface area contributed by atoms with Crippen LogP contribution in [0.25, 0.3) is 0 Å². The lowest BCUT2D eigenvalue weighted by Crippen LogP contribution is -2.16. The molecule has 1 heterocycles. The maximum absolute atomic E-state index is 12.6. The number of aromatic nitrogens is 2. The molecule has 0 spiro atoms. The van der Waals surface area contributed by atoms with Gasteiger partial charge in [0.2, 0.25) is 5.95 Å².